The summed E-state index contributed by atoms with van der Waals surface area (Å²) in [5.74, 6) is -1.66. The average molecular weight is 445 g/mol. The van der Waals surface area contributed by atoms with E-state index in [1.807, 2.05) is 10.6 Å². The number of rotatable bonds is 6. The van der Waals surface area contributed by atoms with E-state index in [9.17, 15) is 19.2 Å². The Kier molecular flexibility index (Phi) is 6.56. The van der Waals surface area contributed by atoms with Crippen molar-refractivity contribution in [1.29, 1.82) is 0 Å². The molecule has 2 N–H and O–H groups in total. The molecule has 1 aliphatic heterocycles. The van der Waals surface area contributed by atoms with E-state index >= 15 is 0 Å². The number of carbonyl (C=O) groups is 4. The molecule has 0 saturated carbocycles. The lowest BCUT2D eigenvalue weighted by atomic mass is 10.1. The van der Waals surface area contributed by atoms with Crippen LogP contribution in [0.3, 0.4) is 0 Å². The summed E-state index contributed by atoms with van der Waals surface area (Å²) in [7, 11) is 1.51. The lowest BCUT2D eigenvalue weighted by Crippen LogP contribution is -2.51. The summed E-state index contributed by atoms with van der Waals surface area (Å²) in [6.45, 7) is 1.96. The van der Waals surface area contributed by atoms with Crippen LogP contribution < -0.4 is 24.8 Å². The van der Waals surface area contributed by atoms with Crippen molar-refractivity contribution in [2.75, 3.05) is 13.7 Å². The minimum atomic E-state index is -0.902. The molecule has 0 bridgehead atoms. The highest BCUT2D eigenvalue weighted by molar-refractivity contribution is 6.33. The first kappa shape index (κ1) is 21.8. The first-order valence-electron chi connectivity index (χ1n) is 9.03. The zero-order valence-corrected chi connectivity index (χ0v) is 17.2. The van der Waals surface area contributed by atoms with Crippen molar-refractivity contribution in [3.8, 4) is 17.2 Å². The fraction of sp³-hybridized carbons (Fsp3) is 0.143. The molecule has 0 radical (unpaired) electrons. The van der Waals surface area contributed by atoms with Gasteiger partial charge in [0.1, 0.15) is 11.3 Å². The molecular formula is C21H17ClN2O7. The normalized spacial score (nSPS) is 13.3. The fourth-order valence-corrected chi connectivity index (χ4v) is 2.94. The Morgan fingerprint density at radius 2 is 1.71 bits per heavy atom. The van der Waals surface area contributed by atoms with Gasteiger partial charge in [0.05, 0.1) is 24.3 Å². The van der Waals surface area contributed by atoms with Gasteiger partial charge in [-0.15, -0.1) is 0 Å². The number of hydrogen-bond acceptors (Lipinski definition) is 7. The van der Waals surface area contributed by atoms with Crippen molar-refractivity contribution in [3.63, 3.8) is 0 Å². The number of nitrogens with one attached hydrogen (secondary N) is 2. The molecule has 1 fully saturated rings. The quantitative estimate of drug-likeness (QED) is 0.304. The lowest BCUT2D eigenvalue weighted by molar-refractivity contribution is -0.123. The number of benzene rings is 2. The van der Waals surface area contributed by atoms with Gasteiger partial charge in [-0.2, -0.15) is 0 Å². The smallest absolute Gasteiger partial charge is 0.343 e. The Morgan fingerprint density at radius 3 is 2.29 bits per heavy atom. The molecule has 0 spiro atoms. The number of esters is 1. The van der Waals surface area contributed by atoms with Crippen molar-refractivity contribution < 1.29 is 33.4 Å². The van der Waals surface area contributed by atoms with Crippen LogP contribution in [-0.4, -0.2) is 37.5 Å². The van der Waals surface area contributed by atoms with E-state index in [0.29, 0.717) is 11.3 Å². The Hall–Kier alpha value is -3.85. The van der Waals surface area contributed by atoms with E-state index in [2.05, 4.69) is 0 Å². The Bertz CT molecular complexity index is 1070. The van der Waals surface area contributed by atoms with Gasteiger partial charge in [-0.3, -0.25) is 20.2 Å². The highest BCUT2D eigenvalue weighted by Crippen LogP contribution is 2.38. The SMILES string of the molecule is CCOc1cc(C=C2C(=O)NC(=O)NC2=O)cc(Cl)c1OC(=O)c1ccc(OC)cc1. The first-order chi connectivity index (χ1) is 14.8. The van der Waals surface area contributed by atoms with Crippen LogP contribution in [0, 0.1) is 0 Å². The molecule has 160 valence electrons. The zero-order chi connectivity index (χ0) is 22.5. The number of barbiturate groups is 1. The van der Waals surface area contributed by atoms with Gasteiger partial charge in [0, 0.05) is 0 Å². The number of ether oxygens (including phenoxy) is 3. The molecule has 31 heavy (non-hydrogen) atoms. The predicted molar refractivity (Wildman–Crippen MR) is 110 cm³/mol. The van der Waals surface area contributed by atoms with E-state index in [4.69, 9.17) is 25.8 Å². The molecule has 0 aromatic heterocycles. The standard InChI is InChI=1S/C21H17ClN2O7/c1-3-30-16-10-11(8-14-18(25)23-21(28)24-19(14)26)9-15(22)17(16)31-20(27)12-4-6-13(29-2)7-5-12/h4-10H,3H2,1-2H3,(H2,23,24,25,26,28). The van der Waals surface area contributed by atoms with E-state index in [1.54, 1.807) is 19.1 Å². The van der Waals surface area contributed by atoms with Gasteiger partial charge >= 0.3 is 12.0 Å². The second kappa shape index (κ2) is 9.31. The molecule has 0 aliphatic carbocycles. The number of halogens is 1. The first-order valence-corrected chi connectivity index (χ1v) is 9.41. The minimum Gasteiger partial charge on any atom is -0.497 e. The minimum absolute atomic E-state index is 0.0146. The van der Waals surface area contributed by atoms with Gasteiger partial charge in [-0.25, -0.2) is 9.59 Å². The Morgan fingerprint density at radius 1 is 1.06 bits per heavy atom. The van der Waals surface area contributed by atoms with Crippen molar-refractivity contribution in [2.45, 2.75) is 6.92 Å². The van der Waals surface area contributed by atoms with Crippen LogP contribution in [0.25, 0.3) is 6.08 Å². The van der Waals surface area contributed by atoms with Crippen LogP contribution in [-0.2, 0) is 9.59 Å². The molecule has 0 atom stereocenters. The molecule has 9 nitrogen and oxygen atoms in total. The van der Waals surface area contributed by atoms with Gasteiger partial charge < -0.3 is 14.2 Å². The van der Waals surface area contributed by atoms with Crippen LogP contribution in [0.2, 0.25) is 5.02 Å². The van der Waals surface area contributed by atoms with Gasteiger partial charge in [0.2, 0.25) is 0 Å². The molecule has 0 unspecified atom stereocenters. The topological polar surface area (TPSA) is 120 Å². The summed E-state index contributed by atoms with van der Waals surface area (Å²) < 4.78 is 16.0. The van der Waals surface area contributed by atoms with Crippen LogP contribution in [0.15, 0.2) is 42.0 Å². The zero-order valence-electron chi connectivity index (χ0n) is 16.5. The van der Waals surface area contributed by atoms with Crippen molar-refractivity contribution >= 4 is 41.5 Å². The maximum atomic E-state index is 12.5. The molecule has 4 amide bonds. The van der Waals surface area contributed by atoms with E-state index < -0.39 is 23.8 Å². The van der Waals surface area contributed by atoms with Crippen LogP contribution >= 0.6 is 11.6 Å². The third-order valence-corrected chi connectivity index (χ3v) is 4.39. The second-order valence-electron chi connectivity index (χ2n) is 6.18. The number of amides is 4. The highest BCUT2D eigenvalue weighted by Gasteiger charge is 2.28. The number of imide groups is 2. The summed E-state index contributed by atoms with van der Waals surface area (Å²) in [5, 5.41) is 3.98. The lowest BCUT2D eigenvalue weighted by Gasteiger charge is -2.15. The average Bonchev–Trinajstić information content (AvgIpc) is 2.73. The summed E-state index contributed by atoms with van der Waals surface area (Å²) in [4.78, 5) is 47.6. The third-order valence-electron chi connectivity index (χ3n) is 4.11. The summed E-state index contributed by atoms with van der Waals surface area (Å²) in [5.41, 5.74) is 0.305. The number of carbonyl (C=O) groups excluding carboxylic acids is 4. The van der Waals surface area contributed by atoms with Gasteiger partial charge in [-0.1, -0.05) is 11.6 Å². The van der Waals surface area contributed by atoms with Gasteiger partial charge in [-0.05, 0) is 55.0 Å². The fourth-order valence-electron chi connectivity index (χ4n) is 2.69. The number of hydrogen-bond donors (Lipinski definition) is 2. The summed E-state index contributed by atoms with van der Waals surface area (Å²) in [6.07, 6.45) is 1.24. The molecular weight excluding hydrogens is 428 g/mol. The molecule has 2 aromatic carbocycles. The summed E-state index contributed by atoms with van der Waals surface area (Å²) in [6, 6.07) is 8.25. The molecule has 1 aliphatic rings. The van der Waals surface area contributed by atoms with Gasteiger partial charge in [0.25, 0.3) is 11.8 Å². The van der Waals surface area contributed by atoms with Crippen LogP contribution in [0.4, 0.5) is 4.79 Å². The van der Waals surface area contributed by atoms with Crippen LogP contribution in [0.1, 0.15) is 22.8 Å². The Labute approximate surface area is 181 Å². The Balaban J connectivity index is 1.92. The van der Waals surface area contributed by atoms with E-state index in [-0.39, 0.29) is 34.3 Å². The van der Waals surface area contributed by atoms with Crippen LogP contribution in [0.5, 0.6) is 17.2 Å². The predicted octanol–water partition coefficient (Wildman–Crippen LogP) is 2.72. The van der Waals surface area contributed by atoms with Crippen molar-refractivity contribution in [1.82, 2.24) is 10.6 Å². The molecule has 1 saturated heterocycles. The maximum absolute atomic E-state index is 12.5. The third kappa shape index (κ3) is 5.01. The maximum Gasteiger partial charge on any atom is 0.343 e. The molecule has 2 aromatic rings. The monoisotopic (exact) mass is 444 g/mol. The number of urea groups is 1. The second-order valence-corrected chi connectivity index (χ2v) is 6.58. The van der Waals surface area contributed by atoms with Crippen molar-refractivity contribution in [2.24, 2.45) is 0 Å². The van der Waals surface area contributed by atoms with E-state index in [0.717, 1.165) is 0 Å². The molecule has 1 heterocycles. The largest absolute Gasteiger partial charge is 0.497 e. The molecule has 3 rings (SSSR count). The van der Waals surface area contributed by atoms with Gasteiger partial charge in [0.15, 0.2) is 11.5 Å². The summed E-state index contributed by atoms with van der Waals surface area (Å²) >= 11 is 6.30. The molecule has 10 heteroatoms. The van der Waals surface area contributed by atoms with Crippen molar-refractivity contribution in [3.05, 3.63) is 58.1 Å². The van der Waals surface area contributed by atoms with E-state index in [1.165, 1.54) is 37.5 Å². The highest BCUT2D eigenvalue weighted by atomic mass is 35.5. The number of methoxy groups -OCH3 is 1.